The van der Waals surface area contributed by atoms with Crippen LogP contribution in [0.5, 0.6) is 0 Å². The maximum Gasteiger partial charge on any atom is 0.00966 e. The molecule has 17 heavy (non-hydrogen) atoms. The molecular formula is C15H32N2. The Kier molecular flexibility index (Phi) is 5.94. The molecule has 0 amide bonds. The molecule has 2 nitrogen and oxygen atoms in total. The van der Waals surface area contributed by atoms with E-state index in [4.69, 9.17) is 0 Å². The largest absolute Gasteiger partial charge is 0.314 e. The monoisotopic (exact) mass is 240 g/mol. The molecule has 1 aliphatic rings. The van der Waals surface area contributed by atoms with Gasteiger partial charge in [-0.25, -0.2) is 0 Å². The molecule has 102 valence electrons. The molecule has 0 aliphatic heterocycles. The maximum absolute atomic E-state index is 3.61. The van der Waals surface area contributed by atoms with Gasteiger partial charge < -0.3 is 10.6 Å². The SMILES string of the molecule is CC(CCCNC1CC1)C(C)CNC(C)(C)C. The number of hydrogen-bond donors (Lipinski definition) is 2. The van der Waals surface area contributed by atoms with E-state index in [2.05, 4.69) is 45.3 Å². The summed E-state index contributed by atoms with van der Waals surface area (Å²) >= 11 is 0. The molecule has 0 heterocycles. The Bertz CT molecular complexity index is 203. The van der Waals surface area contributed by atoms with Gasteiger partial charge in [-0.3, -0.25) is 0 Å². The van der Waals surface area contributed by atoms with Crippen molar-refractivity contribution in [3.8, 4) is 0 Å². The van der Waals surface area contributed by atoms with E-state index in [-0.39, 0.29) is 5.54 Å². The predicted octanol–water partition coefficient (Wildman–Crippen LogP) is 3.18. The van der Waals surface area contributed by atoms with Crippen LogP contribution in [-0.4, -0.2) is 24.7 Å². The molecule has 1 aliphatic carbocycles. The molecule has 1 fully saturated rings. The third-order valence-electron chi connectivity index (χ3n) is 3.77. The summed E-state index contributed by atoms with van der Waals surface area (Å²) in [5, 5.41) is 7.20. The van der Waals surface area contributed by atoms with Gasteiger partial charge in [-0.1, -0.05) is 13.8 Å². The Morgan fingerprint density at radius 3 is 2.29 bits per heavy atom. The third-order valence-corrected chi connectivity index (χ3v) is 3.77. The highest BCUT2D eigenvalue weighted by molar-refractivity contribution is 4.80. The van der Waals surface area contributed by atoms with Crippen molar-refractivity contribution in [2.75, 3.05) is 13.1 Å². The normalized spacial score (nSPS) is 20.3. The summed E-state index contributed by atoms with van der Waals surface area (Å²) in [6, 6.07) is 0.866. The molecule has 0 spiro atoms. The predicted molar refractivity (Wildman–Crippen MR) is 76.3 cm³/mol. The summed E-state index contributed by atoms with van der Waals surface area (Å²) in [6.45, 7) is 13.8. The lowest BCUT2D eigenvalue weighted by molar-refractivity contribution is 0.302. The molecule has 0 aromatic carbocycles. The van der Waals surface area contributed by atoms with Crippen LogP contribution in [0.15, 0.2) is 0 Å². The van der Waals surface area contributed by atoms with Crippen molar-refractivity contribution >= 4 is 0 Å². The molecule has 2 atom stereocenters. The van der Waals surface area contributed by atoms with E-state index in [1.165, 1.54) is 32.2 Å². The van der Waals surface area contributed by atoms with Crippen molar-refractivity contribution in [2.45, 2.75) is 71.9 Å². The van der Waals surface area contributed by atoms with Gasteiger partial charge in [0.05, 0.1) is 0 Å². The summed E-state index contributed by atoms with van der Waals surface area (Å²) in [4.78, 5) is 0. The van der Waals surface area contributed by atoms with Gasteiger partial charge in [0.2, 0.25) is 0 Å². The lowest BCUT2D eigenvalue weighted by Crippen LogP contribution is -2.39. The zero-order chi connectivity index (χ0) is 12.9. The molecule has 0 aromatic rings. The van der Waals surface area contributed by atoms with Crippen molar-refractivity contribution in [1.29, 1.82) is 0 Å². The zero-order valence-electron chi connectivity index (χ0n) is 12.5. The summed E-state index contributed by atoms with van der Waals surface area (Å²) in [5.41, 5.74) is 0.251. The van der Waals surface area contributed by atoms with Crippen LogP contribution < -0.4 is 10.6 Å². The number of rotatable bonds is 8. The second-order valence-electron chi connectivity index (χ2n) is 6.96. The Morgan fingerprint density at radius 2 is 1.76 bits per heavy atom. The fourth-order valence-electron chi connectivity index (χ4n) is 1.97. The topological polar surface area (TPSA) is 24.1 Å². The lowest BCUT2D eigenvalue weighted by Gasteiger charge is -2.26. The van der Waals surface area contributed by atoms with Gasteiger partial charge >= 0.3 is 0 Å². The summed E-state index contributed by atoms with van der Waals surface area (Å²) in [5.74, 6) is 1.60. The highest BCUT2D eigenvalue weighted by atomic mass is 14.9. The first kappa shape index (κ1) is 15.0. The Labute approximate surface area is 108 Å². The zero-order valence-corrected chi connectivity index (χ0v) is 12.5. The van der Waals surface area contributed by atoms with Crippen LogP contribution in [0.25, 0.3) is 0 Å². The van der Waals surface area contributed by atoms with Crippen LogP contribution in [0.3, 0.4) is 0 Å². The van der Waals surface area contributed by atoms with Gasteiger partial charge in [-0.15, -0.1) is 0 Å². The summed E-state index contributed by atoms with van der Waals surface area (Å²) in [6.07, 6.45) is 5.49. The van der Waals surface area contributed by atoms with Crippen molar-refractivity contribution in [3.63, 3.8) is 0 Å². The molecule has 0 bridgehead atoms. The number of hydrogen-bond acceptors (Lipinski definition) is 2. The minimum absolute atomic E-state index is 0.251. The van der Waals surface area contributed by atoms with Crippen molar-refractivity contribution in [1.82, 2.24) is 10.6 Å². The van der Waals surface area contributed by atoms with Gasteiger partial charge in [0.25, 0.3) is 0 Å². The third kappa shape index (κ3) is 7.77. The summed E-state index contributed by atoms with van der Waals surface area (Å²) in [7, 11) is 0. The number of nitrogens with one attached hydrogen (secondary N) is 2. The smallest absolute Gasteiger partial charge is 0.00966 e. The second kappa shape index (κ2) is 6.75. The lowest BCUT2D eigenvalue weighted by atomic mass is 9.91. The van der Waals surface area contributed by atoms with E-state index in [1.54, 1.807) is 0 Å². The first-order valence-corrected chi connectivity index (χ1v) is 7.37. The molecule has 0 radical (unpaired) electrons. The van der Waals surface area contributed by atoms with Crippen LogP contribution in [0, 0.1) is 11.8 Å². The van der Waals surface area contributed by atoms with E-state index in [9.17, 15) is 0 Å². The quantitative estimate of drug-likeness (QED) is 0.637. The van der Waals surface area contributed by atoms with E-state index in [0.717, 1.165) is 24.4 Å². The van der Waals surface area contributed by atoms with Crippen LogP contribution in [-0.2, 0) is 0 Å². The van der Waals surface area contributed by atoms with Crippen LogP contribution >= 0.6 is 0 Å². The molecule has 0 aromatic heterocycles. The van der Waals surface area contributed by atoms with E-state index < -0.39 is 0 Å². The first-order valence-electron chi connectivity index (χ1n) is 7.37. The Hall–Kier alpha value is -0.0800. The van der Waals surface area contributed by atoms with Crippen molar-refractivity contribution < 1.29 is 0 Å². The van der Waals surface area contributed by atoms with E-state index in [0.29, 0.717) is 0 Å². The van der Waals surface area contributed by atoms with Gasteiger partial charge in [0, 0.05) is 11.6 Å². The van der Waals surface area contributed by atoms with Crippen LogP contribution in [0.1, 0.15) is 60.3 Å². The molecule has 1 saturated carbocycles. The van der Waals surface area contributed by atoms with E-state index in [1.807, 2.05) is 0 Å². The minimum atomic E-state index is 0.251. The fraction of sp³-hybridized carbons (Fsp3) is 1.00. The molecule has 1 rings (SSSR count). The molecule has 0 saturated heterocycles. The highest BCUT2D eigenvalue weighted by Crippen LogP contribution is 2.20. The Morgan fingerprint density at radius 1 is 1.12 bits per heavy atom. The average molecular weight is 240 g/mol. The van der Waals surface area contributed by atoms with Gasteiger partial charge in [-0.05, 0) is 71.4 Å². The minimum Gasteiger partial charge on any atom is -0.314 e. The first-order chi connectivity index (χ1) is 7.88. The maximum atomic E-state index is 3.61. The van der Waals surface area contributed by atoms with Gasteiger partial charge in [0.1, 0.15) is 0 Å². The molecule has 2 N–H and O–H groups in total. The summed E-state index contributed by atoms with van der Waals surface area (Å²) < 4.78 is 0. The van der Waals surface area contributed by atoms with Crippen LogP contribution in [0.4, 0.5) is 0 Å². The van der Waals surface area contributed by atoms with Crippen molar-refractivity contribution in [2.24, 2.45) is 11.8 Å². The molecular weight excluding hydrogens is 208 g/mol. The van der Waals surface area contributed by atoms with E-state index >= 15 is 0 Å². The Balaban J connectivity index is 2.01. The highest BCUT2D eigenvalue weighted by Gasteiger charge is 2.20. The molecule has 2 heteroatoms. The van der Waals surface area contributed by atoms with Crippen LogP contribution in [0.2, 0.25) is 0 Å². The standard InChI is InChI=1S/C15H32N2/c1-12(7-6-10-16-14-8-9-14)13(2)11-17-15(3,4)5/h12-14,16-17H,6-11H2,1-5H3. The fourth-order valence-corrected chi connectivity index (χ4v) is 1.97. The second-order valence-corrected chi connectivity index (χ2v) is 6.96. The average Bonchev–Trinajstić information content (AvgIpc) is 3.03. The van der Waals surface area contributed by atoms with Crippen molar-refractivity contribution in [3.05, 3.63) is 0 Å². The molecule has 2 unspecified atom stereocenters. The van der Waals surface area contributed by atoms with Gasteiger partial charge in [-0.2, -0.15) is 0 Å². The van der Waals surface area contributed by atoms with Gasteiger partial charge in [0.15, 0.2) is 0 Å².